The van der Waals surface area contributed by atoms with Crippen LogP contribution in [0.15, 0.2) is 33.5 Å². The summed E-state index contributed by atoms with van der Waals surface area (Å²) in [5, 5.41) is 0.759. The van der Waals surface area contributed by atoms with E-state index in [0.29, 0.717) is 23.3 Å². The number of fused-ring (bicyclic) bond motifs is 1. The maximum Gasteiger partial charge on any atom is 0.349 e. The van der Waals surface area contributed by atoms with Crippen LogP contribution in [0.25, 0.3) is 11.0 Å². The summed E-state index contributed by atoms with van der Waals surface area (Å²) in [6.45, 7) is 2.61. The van der Waals surface area contributed by atoms with Crippen molar-refractivity contribution >= 4 is 28.6 Å². The molecule has 1 saturated heterocycles. The summed E-state index contributed by atoms with van der Waals surface area (Å²) in [4.78, 5) is 26.3. The van der Waals surface area contributed by atoms with Crippen LogP contribution in [0.5, 0.6) is 5.75 Å². The van der Waals surface area contributed by atoms with Gasteiger partial charge in [0.25, 0.3) is 5.91 Å². The van der Waals surface area contributed by atoms with Gasteiger partial charge in [-0.1, -0.05) is 12.1 Å². The molecular formula is C15H15NO4S. The van der Waals surface area contributed by atoms with Gasteiger partial charge in [0, 0.05) is 17.7 Å². The predicted octanol–water partition coefficient (Wildman–Crippen LogP) is 2.34. The molecule has 1 unspecified atom stereocenters. The maximum absolute atomic E-state index is 12.5. The number of hydrogen-bond donors (Lipinski definition) is 0. The molecule has 6 heteroatoms. The second-order valence-electron chi connectivity index (χ2n) is 4.79. The fraction of sp³-hybridized carbons (Fsp3) is 0.333. The minimum absolute atomic E-state index is 0.0742. The van der Waals surface area contributed by atoms with Crippen molar-refractivity contribution in [1.29, 1.82) is 0 Å². The third-order valence-corrected chi connectivity index (χ3v) is 4.72. The molecule has 0 aliphatic carbocycles. The largest absolute Gasteiger partial charge is 0.493 e. The van der Waals surface area contributed by atoms with Gasteiger partial charge < -0.3 is 14.1 Å². The molecule has 1 aliphatic rings. The Morgan fingerprint density at radius 3 is 2.95 bits per heavy atom. The third-order valence-electron chi connectivity index (χ3n) is 3.57. The highest BCUT2D eigenvalue weighted by Gasteiger charge is 2.29. The second-order valence-corrected chi connectivity index (χ2v) is 6.22. The monoisotopic (exact) mass is 305 g/mol. The SMILES string of the molecule is COc1cccc2cc(C(=O)N3CCSC3C)c(=O)oc12. The molecule has 110 valence electrons. The lowest BCUT2D eigenvalue weighted by atomic mass is 10.1. The molecule has 1 fully saturated rings. The first-order valence-corrected chi connectivity index (χ1v) is 7.70. The van der Waals surface area contributed by atoms with E-state index in [1.165, 1.54) is 7.11 Å². The Balaban J connectivity index is 2.09. The van der Waals surface area contributed by atoms with Crippen molar-refractivity contribution in [2.45, 2.75) is 12.3 Å². The Morgan fingerprint density at radius 1 is 1.48 bits per heavy atom. The zero-order valence-electron chi connectivity index (χ0n) is 11.8. The maximum atomic E-state index is 12.5. The molecule has 0 spiro atoms. The van der Waals surface area contributed by atoms with Crippen molar-refractivity contribution in [2.24, 2.45) is 0 Å². The van der Waals surface area contributed by atoms with Crippen LogP contribution in [0.3, 0.4) is 0 Å². The van der Waals surface area contributed by atoms with Gasteiger partial charge in [-0.05, 0) is 19.1 Å². The summed E-state index contributed by atoms with van der Waals surface area (Å²) >= 11 is 1.70. The smallest absolute Gasteiger partial charge is 0.349 e. The van der Waals surface area contributed by atoms with Crippen molar-refractivity contribution in [1.82, 2.24) is 4.90 Å². The zero-order chi connectivity index (χ0) is 15.0. The van der Waals surface area contributed by atoms with E-state index in [9.17, 15) is 9.59 Å². The van der Waals surface area contributed by atoms with Crippen LogP contribution in [0.2, 0.25) is 0 Å². The summed E-state index contributed by atoms with van der Waals surface area (Å²) in [5.74, 6) is 1.10. The van der Waals surface area contributed by atoms with Gasteiger partial charge in [0.2, 0.25) is 0 Å². The number of methoxy groups -OCH3 is 1. The summed E-state index contributed by atoms with van der Waals surface area (Å²) in [5.41, 5.74) is -0.184. The van der Waals surface area contributed by atoms with Crippen LogP contribution in [-0.2, 0) is 0 Å². The normalized spacial score (nSPS) is 18.2. The number of amides is 1. The van der Waals surface area contributed by atoms with Gasteiger partial charge in [0.15, 0.2) is 11.3 Å². The Labute approximate surface area is 125 Å². The number of para-hydroxylation sites is 1. The summed E-state index contributed by atoms with van der Waals surface area (Å²) in [6.07, 6.45) is 0. The predicted molar refractivity (Wildman–Crippen MR) is 82.0 cm³/mol. The van der Waals surface area contributed by atoms with E-state index < -0.39 is 5.63 Å². The molecule has 1 aromatic heterocycles. The molecular weight excluding hydrogens is 290 g/mol. The van der Waals surface area contributed by atoms with Crippen LogP contribution in [0.4, 0.5) is 0 Å². The number of thioether (sulfide) groups is 1. The quantitative estimate of drug-likeness (QED) is 0.797. The van der Waals surface area contributed by atoms with Crippen LogP contribution < -0.4 is 10.4 Å². The molecule has 1 aromatic carbocycles. The number of carbonyl (C=O) groups excluding carboxylic acids is 1. The van der Waals surface area contributed by atoms with E-state index in [1.54, 1.807) is 40.9 Å². The minimum atomic E-state index is -0.624. The molecule has 1 atom stereocenters. The summed E-state index contributed by atoms with van der Waals surface area (Å²) < 4.78 is 10.5. The number of ether oxygens (including phenoxy) is 1. The lowest BCUT2D eigenvalue weighted by Gasteiger charge is -2.19. The van der Waals surface area contributed by atoms with Crippen LogP contribution >= 0.6 is 11.8 Å². The molecule has 5 nitrogen and oxygen atoms in total. The standard InChI is InChI=1S/C15H15NO4S/c1-9-16(6-7-21-9)14(17)11-8-10-4-3-5-12(19-2)13(10)20-15(11)18/h3-5,8-9H,6-7H2,1-2H3. The molecule has 1 amide bonds. The average Bonchev–Trinajstić information content (AvgIpc) is 2.91. The van der Waals surface area contributed by atoms with Crippen molar-refractivity contribution in [3.05, 3.63) is 40.2 Å². The van der Waals surface area contributed by atoms with Gasteiger partial charge in [0.1, 0.15) is 5.56 Å². The number of nitrogens with zero attached hydrogens (tertiary/aromatic N) is 1. The van der Waals surface area contributed by atoms with Crippen molar-refractivity contribution < 1.29 is 13.9 Å². The van der Waals surface area contributed by atoms with Gasteiger partial charge in [-0.25, -0.2) is 4.79 Å². The van der Waals surface area contributed by atoms with E-state index in [4.69, 9.17) is 9.15 Å². The highest BCUT2D eigenvalue weighted by atomic mass is 32.2. The molecule has 21 heavy (non-hydrogen) atoms. The third kappa shape index (κ3) is 2.40. The zero-order valence-corrected chi connectivity index (χ0v) is 12.6. The Bertz CT molecular complexity index is 755. The van der Waals surface area contributed by atoms with Crippen molar-refractivity contribution in [3.8, 4) is 5.75 Å². The highest BCUT2D eigenvalue weighted by Crippen LogP contribution is 2.27. The Hall–Kier alpha value is -1.95. The number of rotatable bonds is 2. The summed E-state index contributed by atoms with van der Waals surface area (Å²) in [7, 11) is 1.51. The average molecular weight is 305 g/mol. The Morgan fingerprint density at radius 2 is 2.29 bits per heavy atom. The first kappa shape index (κ1) is 14.0. The second kappa shape index (κ2) is 5.44. The number of carbonyl (C=O) groups is 1. The first-order chi connectivity index (χ1) is 10.1. The topological polar surface area (TPSA) is 59.8 Å². The molecule has 3 rings (SSSR count). The lowest BCUT2D eigenvalue weighted by molar-refractivity contribution is 0.0764. The van der Waals surface area contributed by atoms with Gasteiger partial charge in [-0.15, -0.1) is 11.8 Å². The van der Waals surface area contributed by atoms with E-state index in [1.807, 2.05) is 6.92 Å². The molecule has 0 radical (unpaired) electrons. The van der Waals surface area contributed by atoms with E-state index in [-0.39, 0.29) is 16.8 Å². The van der Waals surface area contributed by atoms with Gasteiger partial charge >= 0.3 is 5.63 Å². The lowest BCUT2D eigenvalue weighted by Crippen LogP contribution is -2.35. The van der Waals surface area contributed by atoms with E-state index >= 15 is 0 Å². The minimum Gasteiger partial charge on any atom is -0.493 e. The fourth-order valence-corrected chi connectivity index (χ4v) is 3.47. The number of benzene rings is 1. The molecule has 2 heterocycles. The van der Waals surface area contributed by atoms with Crippen LogP contribution in [-0.4, -0.2) is 35.6 Å². The van der Waals surface area contributed by atoms with Gasteiger partial charge in [-0.3, -0.25) is 4.79 Å². The summed E-state index contributed by atoms with van der Waals surface area (Å²) in [6, 6.07) is 6.89. The first-order valence-electron chi connectivity index (χ1n) is 6.65. The van der Waals surface area contributed by atoms with Crippen LogP contribution in [0, 0.1) is 0 Å². The number of hydrogen-bond acceptors (Lipinski definition) is 5. The fourth-order valence-electron chi connectivity index (χ4n) is 2.44. The van der Waals surface area contributed by atoms with Gasteiger partial charge in [-0.2, -0.15) is 0 Å². The molecule has 2 aromatic rings. The van der Waals surface area contributed by atoms with E-state index in [0.717, 1.165) is 5.75 Å². The van der Waals surface area contributed by atoms with Gasteiger partial charge in [0.05, 0.1) is 12.5 Å². The molecule has 0 N–H and O–H groups in total. The molecule has 1 aliphatic heterocycles. The van der Waals surface area contributed by atoms with Crippen molar-refractivity contribution in [2.75, 3.05) is 19.4 Å². The highest BCUT2D eigenvalue weighted by molar-refractivity contribution is 8.00. The molecule has 0 bridgehead atoms. The van der Waals surface area contributed by atoms with Crippen molar-refractivity contribution in [3.63, 3.8) is 0 Å². The Kier molecular flexibility index (Phi) is 3.63. The van der Waals surface area contributed by atoms with E-state index in [2.05, 4.69) is 0 Å². The molecule has 0 saturated carbocycles. The van der Waals surface area contributed by atoms with Crippen LogP contribution in [0.1, 0.15) is 17.3 Å².